The van der Waals surface area contributed by atoms with Crippen molar-refractivity contribution < 1.29 is 9.84 Å². The highest BCUT2D eigenvalue weighted by Crippen LogP contribution is 2.41. The first-order valence-electron chi connectivity index (χ1n) is 9.16. The Balaban J connectivity index is 1.40. The van der Waals surface area contributed by atoms with Crippen LogP contribution in [0.1, 0.15) is 30.0 Å². The molecule has 0 spiro atoms. The van der Waals surface area contributed by atoms with E-state index in [-0.39, 0.29) is 12.1 Å². The molecular formula is C20H27N3O2. The molecule has 5 heteroatoms. The molecule has 5 nitrogen and oxygen atoms in total. The van der Waals surface area contributed by atoms with Crippen molar-refractivity contribution in [3.63, 3.8) is 0 Å². The van der Waals surface area contributed by atoms with Crippen LogP contribution >= 0.6 is 0 Å². The minimum Gasteiger partial charge on any atom is -0.497 e. The molecule has 1 aliphatic carbocycles. The van der Waals surface area contributed by atoms with Crippen molar-refractivity contribution in [2.45, 2.75) is 38.5 Å². The maximum atomic E-state index is 10.6. The first-order chi connectivity index (χ1) is 12.1. The monoisotopic (exact) mass is 341 g/mol. The van der Waals surface area contributed by atoms with Crippen molar-refractivity contribution in [1.29, 1.82) is 0 Å². The van der Waals surface area contributed by atoms with Gasteiger partial charge in [0.25, 0.3) is 0 Å². The molecule has 2 heterocycles. The van der Waals surface area contributed by atoms with Gasteiger partial charge in [-0.2, -0.15) is 5.10 Å². The van der Waals surface area contributed by atoms with Crippen molar-refractivity contribution in [2.24, 2.45) is 11.8 Å². The van der Waals surface area contributed by atoms with Crippen LogP contribution in [0.3, 0.4) is 0 Å². The summed E-state index contributed by atoms with van der Waals surface area (Å²) in [4.78, 5) is 2.53. The third-order valence-electron chi connectivity index (χ3n) is 5.82. The Labute approximate surface area is 149 Å². The van der Waals surface area contributed by atoms with Gasteiger partial charge < -0.3 is 9.84 Å². The molecule has 1 saturated carbocycles. The molecular weight excluding hydrogens is 314 g/mol. The predicted octanol–water partition coefficient (Wildman–Crippen LogP) is 2.64. The van der Waals surface area contributed by atoms with Gasteiger partial charge in [0.1, 0.15) is 5.75 Å². The normalized spacial score (nSPS) is 29.6. The SMILES string of the molecule is COc1ccc(CN2C[C@H]3C[C@H](O)[C@@H](n4cc(C)cn4)C[C@H]3C2)cc1. The summed E-state index contributed by atoms with van der Waals surface area (Å²) >= 11 is 0. The molecule has 0 radical (unpaired) electrons. The van der Waals surface area contributed by atoms with Gasteiger partial charge >= 0.3 is 0 Å². The maximum absolute atomic E-state index is 10.6. The molecule has 1 aromatic carbocycles. The largest absolute Gasteiger partial charge is 0.497 e. The number of benzene rings is 1. The van der Waals surface area contributed by atoms with Gasteiger partial charge in [-0.15, -0.1) is 0 Å². The number of methoxy groups -OCH3 is 1. The minimum absolute atomic E-state index is 0.121. The summed E-state index contributed by atoms with van der Waals surface area (Å²) in [6.07, 6.45) is 5.54. The van der Waals surface area contributed by atoms with Crippen LogP contribution in [0.5, 0.6) is 5.75 Å². The highest BCUT2D eigenvalue weighted by molar-refractivity contribution is 5.27. The quantitative estimate of drug-likeness (QED) is 0.929. The number of aliphatic hydroxyl groups excluding tert-OH is 1. The smallest absolute Gasteiger partial charge is 0.118 e. The fourth-order valence-corrected chi connectivity index (χ4v) is 4.52. The number of ether oxygens (including phenoxy) is 1. The second-order valence-electron chi connectivity index (χ2n) is 7.67. The molecule has 4 atom stereocenters. The number of aromatic nitrogens is 2. The molecule has 1 saturated heterocycles. The van der Waals surface area contributed by atoms with Crippen molar-refractivity contribution in [2.75, 3.05) is 20.2 Å². The van der Waals surface area contributed by atoms with Gasteiger partial charge in [-0.1, -0.05) is 12.1 Å². The maximum Gasteiger partial charge on any atom is 0.118 e. The molecule has 1 aromatic heterocycles. The fourth-order valence-electron chi connectivity index (χ4n) is 4.52. The molecule has 2 aromatic rings. The van der Waals surface area contributed by atoms with Crippen LogP contribution < -0.4 is 4.74 Å². The number of hydrogen-bond acceptors (Lipinski definition) is 4. The van der Waals surface area contributed by atoms with E-state index >= 15 is 0 Å². The van der Waals surface area contributed by atoms with Crippen molar-refractivity contribution >= 4 is 0 Å². The van der Waals surface area contributed by atoms with Gasteiger partial charge in [0.2, 0.25) is 0 Å². The molecule has 1 N–H and O–H groups in total. The molecule has 1 aliphatic heterocycles. The lowest BCUT2D eigenvalue weighted by Crippen LogP contribution is -2.36. The van der Waals surface area contributed by atoms with Crippen molar-refractivity contribution in [1.82, 2.24) is 14.7 Å². The van der Waals surface area contributed by atoms with E-state index < -0.39 is 0 Å². The second-order valence-corrected chi connectivity index (χ2v) is 7.67. The van der Waals surface area contributed by atoms with Crippen LogP contribution in [0.2, 0.25) is 0 Å². The van der Waals surface area contributed by atoms with E-state index in [1.807, 2.05) is 29.9 Å². The van der Waals surface area contributed by atoms with Crippen LogP contribution in [-0.4, -0.2) is 46.1 Å². The molecule has 0 unspecified atom stereocenters. The summed E-state index contributed by atoms with van der Waals surface area (Å²) in [6, 6.07) is 8.46. The minimum atomic E-state index is -0.290. The average Bonchev–Trinajstić information content (AvgIpc) is 3.20. The summed E-state index contributed by atoms with van der Waals surface area (Å²) in [5.74, 6) is 2.15. The van der Waals surface area contributed by atoms with Gasteiger partial charge in [0.05, 0.1) is 25.5 Å². The standard InChI is InChI=1S/C20H27N3O2/c1-14-9-21-23(10-14)19-7-16-12-22(13-17(16)8-20(19)24)11-15-3-5-18(25-2)6-4-15/h3-6,9-10,16-17,19-20,24H,7-8,11-13H2,1-2H3/t16-,17+,19-,20-/m0/s1. The lowest BCUT2D eigenvalue weighted by molar-refractivity contribution is 0.0306. The van der Waals surface area contributed by atoms with Gasteiger partial charge in [0, 0.05) is 25.8 Å². The number of nitrogens with zero attached hydrogens (tertiary/aromatic N) is 3. The van der Waals surface area contributed by atoms with Gasteiger partial charge in [-0.25, -0.2) is 0 Å². The summed E-state index contributed by atoms with van der Waals surface area (Å²) in [5, 5.41) is 15.1. The highest BCUT2D eigenvalue weighted by atomic mass is 16.5. The van der Waals surface area contributed by atoms with Gasteiger partial charge in [-0.3, -0.25) is 9.58 Å². The lowest BCUT2D eigenvalue weighted by Gasteiger charge is -2.35. The summed E-state index contributed by atoms with van der Waals surface area (Å²) < 4.78 is 7.21. The highest BCUT2D eigenvalue weighted by Gasteiger charge is 2.42. The Bertz CT molecular complexity index is 712. The van der Waals surface area contributed by atoms with Crippen LogP contribution in [-0.2, 0) is 6.54 Å². The summed E-state index contributed by atoms with van der Waals surface area (Å²) in [6.45, 7) is 5.21. The molecule has 2 aliphatic rings. The zero-order valence-electron chi connectivity index (χ0n) is 15.0. The molecule has 4 rings (SSSR count). The Kier molecular flexibility index (Phi) is 4.52. The van der Waals surface area contributed by atoms with Crippen LogP contribution in [0.25, 0.3) is 0 Å². The Morgan fingerprint density at radius 1 is 1.16 bits per heavy atom. The van der Waals surface area contributed by atoms with Crippen molar-refractivity contribution in [3.8, 4) is 5.75 Å². The summed E-state index contributed by atoms with van der Waals surface area (Å²) in [5.41, 5.74) is 2.47. The number of aryl methyl sites for hydroxylation is 1. The number of rotatable bonds is 4. The first kappa shape index (κ1) is 16.6. The number of hydrogen-bond donors (Lipinski definition) is 1. The Morgan fingerprint density at radius 3 is 2.52 bits per heavy atom. The lowest BCUT2D eigenvalue weighted by atomic mass is 9.77. The fraction of sp³-hybridized carbons (Fsp3) is 0.550. The van der Waals surface area contributed by atoms with E-state index in [0.29, 0.717) is 11.8 Å². The molecule has 2 fully saturated rings. The molecule has 134 valence electrons. The van der Waals surface area contributed by atoms with Gasteiger partial charge in [-0.05, 0) is 54.9 Å². The zero-order valence-corrected chi connectivity index (χ0v) is 15.0. The van der Waals surface area contributed by atoms with E-state index in [1.165, 1.54) is 5.56 Å². The zero-order chi connectivity index (χ0) is 17.4. The van der Waals surface area contributed by atoms with Crippen LogP contribution in [0.4, 0.5) is 0 Å². The summed E-state index contributed by atoms with van der Waals surface area (Å²) in [7, 11) is 1.70. The van der Waals surface area contributed by atoms with E-state index in [9.17, 15) is 5.11 Å². The van der Waals surface area contributed by atoms with Crippen LogP contribution in [0, 0.1) is 18.8 Å². The molecule has 0 bridgehead atoms. The average molecular weight is 341 g/mol. The number of likely N-dealkylation sites (tertiary alicyclic amines) is 1. The van der Waals surface area contributed by atoms with E-state index in [2.05, 4.69) is 28.3 Å². The third kappa shape index (κ3) is 3.44. The number of fused-ring (bicyclic) bond motifs is 1. The predicted molar refractivity (Wildman–Crippen MR) is 96.5 cm³/mol. The van der Waals surface area contributed by atoms with Gasteiger partial charge in [0.15, 0.2) is 0 Å². The Hall–Kier alpha value is -1.85. The van der Waals surface area contributed by atoms with Crippen LogP contribution in [0.15, 0.2) is 36.7 Å². The van der Waals surface area contributed by atoms with Crippen molar-refractivity contribution in [3.05, 3.63) is 47.8 Å². The number of aliphatic hydroxyl groups is 1. The second kappa shape index (κ2) is 6.81. The third-order valence-corrected chi connectivity index (χ3v) is 5.82. The molecule has 0 amide bonds. The van der Waals surface area contributed by atoms with E-state index in [4.69, 9.17) is 4.74 Å². The Morgan fingerprint density at radius 2 is 1.88 bits per heavy atom. The first-order valence-corrected chi connectivity index (χ1v) is 9.16. The topological polar surface area (TPSA) is 50.5 Å². The van der Waals surface area contributed by atoms with E-state index in [1.54, 1.807) is 7.11 Å². The van der Waals surface area contributed by atoms with E-state index in [0.717, 1.165) is 43.8 Å². The molecule has 25 heavy (non-hydrogen) atoms.